The van der Waals surface area contributed by atoms with Gasteiger partial charge in [0.05, 0.1) is 5.56 Å². The lowest BCUT2D eigenvalue weighted by atomic mass is 10.1. The highest BCUT2D eigenvalue weighted by Crippen LogP contribution is 2.20. The lowest BCUT2D eigenvalue weighted by Crippen LogP contribution is -2.48. The van der Waals surface area contributed by atoms with Crippen LogP contribution in [-0.2, 0) is 6.54 Å². The minimum Gasteiger partial charge on any atom is -0.336 e. The number of halogens is 2. The Morgan fingerprint density at radius 3 is 2.65 bits per heavy atom. The average molecular weight is 334 g/mol. The number of amides is 1. The number of piperazine rings is 1. The number of nitrogens with zero attached hydrogens (tertiary/aromatic N) is 3. The van der Waals surface area contributed by atoms with E-state index in [1.54, 1.807) is 30.6 Å². The fourth-order valence-corrected chi connectivity index (χ4v) is 2.90. The van der Waals surface area contributed by atoms with Gasteiger partial charge in [-0.2, -0.15) is 0 Å². The summed E-state index contributed by atoms with van der Waals surface area (Å²) in [5.74, 6) is -0.316. The summed E-state index contributed by atoms with van der Waals surface area (Å²) in [7, 11) is 0. The summed E-state index contributed by atoms with van der Waals surface area (Å²) in [4.78, 5) is 20.4. The van der Waals surface area contributed by atoms with E-state index >= 15 is 0 Å². The predicted molar refractivity (Wildman–Crippen MR) is 86.8 cm³/mol. The molecular formula is C17H17ClFN3O. The highest BCUT2D eigenvalue weighted by Gasteiger charge is 2.22. The van der Waals surface area contributed by atoms with Crippen molar-refractivity contribution in [3.05, 3.63) is 64.7 Å². The van der Waals surface area contributed by atoms with Gasteiger partial charge in [-0.1, -0.05) is 17.7 Å². The molecule has 3 rings (SSSR count). The summed E-state index contributed by atoms with van der Waals surface area (Å²) in [6.45, 7) is 3.51. The molecule has 1 fully saturated rings. The fraction of sp³-hybridized carbons (Fsp3) is 0.294. The van der Waals surface area contributed by atoms with Crippen LogP contribution in [0.4, 0.5) is 4.39 Å². The zero-order chi connectivity index (χ0) is 16.2. The molecule has 23 heavy (non-hydrogen) atoms. The van der Waals surface area contributed by atoms with Crippen molar-refractivity contribution in [3.8, 4) is 0 Å². The van der Waals surface area contributed by atoms with Crippen LogP contribution in [0.3, 0.4) is 0 Å². The van der Waals surface area contributed by atoms with Gasteiger partial charge in [0.15, 0.2) is 0 Å². The van der Waals surface area contributed by atoms with Gasteiger partial charge >= 0.3 is 0 Å². The number of pyridine rings is 1. The van der Waals surface area contributed by atoms with Crippen molar-refractivity contribution in [1.29, 1.82) is 0 Å². The Hall–Kier alpha value is -1.98. The third kappa shape index (κ3) is 3.86. The van der Waals surface area contributed by atoms with Gasteiger partial charge in [0.2, 0.25) is 0 Å². The Labute approximate surface area is 139 Å². The van der Waals surface area contributed by atoms with E-state index in [1.165, 1.54) is 12.1 Å². The molecule has 2 heterocycles. The quantitative estimate of drug-likeness (QED) is 0.866. The molecular weight excluding hydrogens is 317 g/mol. The molecule has 0 unspecified atom stereocenters. The van der Waals surface area contributed by atoms with E-state index in [-0.39, 0.29) is 11.7 Å². The monoisotopic (exact) mass is 333 g/mol. The van der Waals surface area contributed by atoms with Crippen LogP contribution in [0.15, 0.2) is 42.7 Å². The molecule has 1 aromatic heterocycles. The number of carbonyl (C=O) groups is 1. The molecule has 4 nitrogen and oxygen atoms in total. The van der Waals surface area contributed by atoms with Crippen molar-refractivity contribution in [2.45, 2.75) is 6.54 Å². The van der Waals surface area contributed by atoms with Gasteiger partial charge in [0.25, 0.3) is 5.91 Å². The van der Waals surface area contributed by atoms with Crippen LogP contribution in [-0.4, -0.2) is 46.9 Å². The number of rotatable bonds is 3. The second-order valence-electron chi connectivity index (χ2n) is 5.55. The van der Waals surface area contributed by atoms with Crippen LogP contribution in [0.2, 0.25) is 5.02 Å². The molecule has 0 N–H and O–H groups in total. The molecule has 1 amide bonds. The lowest BCUT2D eigenvalue weighted by molar-refractivity contribution is 0.0628. The number of aromatic nitrogens is 1. The lowest BCUT2D eigenvalue weighted by Gasteiger charge is -2.34. The van der Waals surface area contributed by atoms with Gasteiger partial charge < -0.3 is 4.90 Å². The standard InChI is InChI=1S/C17H17ClFN3O/c18-16-10-15(19)4-3-14(16)12-21-6-8-22(9-7-21)17(23)13-2-1-5-20-11-13/h1-5,10-11H,6-9,12H2. The minimum absolute atomic E-state index is 0.0116. The van der Waals surface area contributed by atoms with Gasteiger partial charge in [-0.3, -0.25) is 14.7 Å². The Morgan fingerprint density at radius 2 is 2.00 bits per heavy atom. The van der Waals surface area contributed by atoms with E-state index in [9.17, 15) is 9.18 Å². The Bertz CT molecular complexity index is 687. The van der Waals surface area contributed by atoms with E-state index in [0.717, 1.165) is 18.7 Å². The fourth-order valence-electron chi connectivity index (χ4n) is 2.67. The first-order chi connectivity index (χ1) is 11.1. The van der Waals surface area contributed by atoms with E-state index < -0.39 is 0 Å². The van der Waals surface area contributed by atoms with Crippen LogP contribution in [0.25, 0.3) is 0 Å². The summed E-state index contributed by atoms with van der Waals surface area (Å²) in [6, 6.07) is 8.01. The molecule has 1 aromatic carbocycles. The van der Waals surface area contributed by atoms with Gasteiger partial charge in [-0.15, -0.1) is 0 Å². The van der Waals surface area contributed by atoms with Gasteiger partial charge in [-0.05, 0) is 29.8 Å². The third-order valence-corrected chi connectivity index (χ3v) is 4.33. The molecule has 0 aliphatic carbocycles. The maximum atomic E-state index is 13.1. The van der Waals surface area contributed by atoms with Crippen molar-refractivity contribution >= 4 is 17.5 Å². The predicted octanol–water partition coefficient (Wildman–Crippen LogP) is 2.83. The number of hydrogen-bond acceptors (Lipinski definition) is 3. The molecule has 0 atom stereocenters. The molecule has 1 saturated heterocycles. The molecule has 0 radical (unpaired) electrons. The summed E-state index contributed by atoms with van der Waals surface area (Å²) in [5.41, 5.74) is 1.52. The number of hydrogen-bond donors (Lipinski definition) is 0. The van der Waals surface area contributed by atoms with E-state index in [2.05, 4.69) is 9.88 Å². The van der Waals surface area contributed by atoms with Crippen molar-refractivity contribution < 1.29 is 9.18 Å². The molecule has 1 aliphatic heterocycles. The van der Waals surface area contributed by atoms with Crippen LogP contribution >= 0.6 is 11.6 Å². The highest BCUT2D eigenvalue weighted by molar-refractivity contribution is 6.31. The second-order valence-corrected chi connectivity index (χ2v) is 5.95. The Balaban J connectivity index is 1.57. The molecule has 1 aliphatic rings. The number of carbonyl (C=O) groups excluding carboxylic acids is 1. The van der Waals surface area contributed by atoms with Crippen molar-refractivity contribution in [3.63, 3.8) is 0 Å². The third-order valence-electron chi connectivity index (χ3n) is 3.98. The van der Waals surface area contributed by atoms with Crippen molar-refractivity contribution in [1.82, 2.24) is 14.8 Å². The Kier molecular flexibility index (Phi) is 4.88. The summed E-state index contributed by atoms with van der Waals surface area (Å²) in [5, 5.41) is 0.443. The molecule has 0 saturated carbocycles. The highest BCUT2D eigenvalue weighted by atomic mass is 35.5. The van der Waals surface area contributed by atoms with Crippen LogP contribution in [0.1, 0.15) is 15.9 Å². The molecule has 6 heteroatoms. The molecule has 0 bridgehead atoms. The van der Waals surface area contributed by atoms with Crippen LogP contribution in [0, 0.1) is 5.82 Å². The average Bonchev–Trinajstić information content (AvgIpc) is 2.58. The number of benzene rings is 1. The van der Waals surface area contributed by atoms with E-state index in [4.69, 9.17) is 11.6 Å². The SMILES string of the molecule is O=C(c1cccnc1)N1CCN(Cc2ccc(F)cc2Cl)CC1. The van der Waals surface area contributed by atoms with Gasteiger partial charge in [0, 0.05) is 50.1 Å². The first kappa shape index (κ1) is 15.9. The first-order valence-corrected chi connectivity index (χ1v) is 7.87. The summed E-state index contributed by atoms with van der Waals surface area (Å²) >= 11 is 6.07. The Morgan fingerprint density at radius 1 is 1.22 bits per heavy atom. The van der Waals surface area contributed by atoms with Crippen LogP contribution in [0.5, 0.6) is 0 Å². The normalized spacial score (nSPS) is 15.7. The topological polar surface area (TPSA) is 36.4 Å². The maximum absolute atomic E-state index is 13.1. The van der Waals surface area contributed by atoms with E-state index in [0.29, 0.717) is 30.2 Å². The zero-order valence-corrected chi connectivity index (χ0v) is 13.3. The van der Waals surface area contributed by atoms with Gasteiger partial charge in [0.1, 0.15) is 5.82 Å². The molecule has 120 valence electrons. The van der Waals surface area contributed by atoms with Crippen molar-refractivity contribution in [2.75, 3.05) is 26.2 Å². The molecule has 2 aromatic rings. The largest absolute Gasteiger partial charge is 0.336 e. The second kappa shape index (κ2) is 7.06. The first-order valence-electron chi connectivity index (χ1n) is 7.49. The van der Waals surface area contributed by atoms with Gasteiger partial charge in [-0.25, -0.2) is 4.39 Å². The maximum Gasteiger partial charge on any atom is 0.255 e. The van der Waals surface area contributed by atoms with E-state index in [1.807, 2.05) is 4.90 Å². The van der Waals surface area contributed by atoms with Crippen molar-refractivity contribution in [2.24, 2.45) is 0 Å². The zero-order valence-electron chi connectivity index (χ0n) is 12.6. The summed E-state index contributed by atoms with van der Waals surface area (Å²) < 4.78 is 13.1. The summed E-state index contributed by atoms with van der Waals surface area (Å²) in [6.07, 6.45) is 3.24. The van der Waals surface area contributed by atoms with Crippen LogP contribution < -0.4 is 0 Å². The minimum atomic E-state index is -0.328. The smallest absolute Gasteiger partial charge is 0.255 e. The molecule has 0 spiro atoms.